The zero-order valence-electron chi connectivity index (χ0n) is 12.8. The van der Waals surface area contributed by atoms with Gasteiger partial charge in [0.25, 0.3) is 0 Å². The van der Waals surface area contributed by atoms with Gasteiger partial charge in [-0.25, -0.2) is 0 Å². The fraction of sp³-hybridized carbons (Fsp3) is 0.294. The first-order valence-electron chi connectivity index (χ1n) is 6.94. The maximum Gasteiger partial charge on any atom is 0.231 e. The summed E-state index contributed by atoms with van der Waals surface area (Å²) in [6.07, 6.45) is -0.783. The normalized spacial score (nSPS) is 13.8. The number of fused-ring (bicyclic) bond motifs is 1. The standard InChI is InChI=1S/C17H18O5/c1-10-6-14(19-2)15(20-3)8-12(10)17(18)11-4-5-13-16(7-11)22-9-21-13/h4-8,17-18H,9H2,1-3H3. The van der Waals surface area contributed by atoms with Crippen molar-refractivity contribution in [3.63, 3.8) is 0 Å². The van der Waals surface area contributed by atoms with Crippen LogP contribution in [0.15, 0.2) is 30.3 Å². The van der Waals surface area contributed by atoms with Gasteiger partial charge in [0, 0.05) is 0 Å². The molecule has 0 amide bonds. The van der Waals surface area contributed by atoms with Crippen LogP contribution in [0.3, 0.4) is 0 Å². The van der Waals surface area contributed by atoms with Crippen LogP contribution in [0.4, 0.5) is 0 Å². The molecular weight excluding hydrogens is 284 g/mol. The van der Waals surface area contributed by atoms with Gasteiger partial charge >= 0.3 is 0 Å². The smallest absolute Gasteiger partial charge is 0.231 e. The largest absolute Gasteiger partial charge is 0.493 e. The lowest BCUT2D eigenvalue weighted by Gasteiger charge is -2.17. The lowest BCUT2D eigenvalue weighted by molar-refractivity contribution is 0.173. The molecule has 1 unspecified atom stereocenters. The predicted octanol–water partition coefficient (Wildman–Crippen LogP) is 2.82. The number of aryl methyl sites for hydroxylation is 1. The molecule has 0 fully saturated rings. The van der Waals surface area contributed by atoms with Crippen molar-refractivity contribution in [1.82, 2.24) is 0 Å². The highest BCUT2D eigenvalue weighted by molar-refractivity contribution is 5.51. The van der Waals surface area contributed by atoms with E-state index in [1.165, 1.54) is 0 Å². The van der Waals surface area contributed by atoms with E-state index in [4.69, 9.17) is 18.9 Å². The molecule has 3 rings (SSSR count). The van der Waals surface area contributed by atoms with Crippen molar-refractivity contribution in [3.8, 4) is 23.0 Å². The Bertz CT molecular complexity index is 696. The van der Waals surface area contributed by atoms with Crippen LogP contribution in [0.5, 0.6) is 23.0 Å². The third-order valence-electron chi connectivity index (χ3n) is 3.78. The summed E-state index contributed by atoms with van der Waals surface area (Å²) in [5.41, 5.74) is 2.42. The molecule has 0 spiro atoms. The van der Waals surface area contributed by atoms with E-state index in [-0.39, 0.29) is 6.79 Å². The highest BCUT2D eigenvalue weighted by Crippen LogP contribution is 2.38. The summed E-state index contributed by atoms with van der Waals surface area (Å²) in [5.74, 6) is 2.57. The van der Waals surface area contributed by atoms with Gasteiger partial charge in [-0.2, -0.15) is 0 Å². The van der Waals surface area contributed by atoms with Crippen LogP contribution in [0.1, 0.15) is 22.8 Å². The Kier molecular flexibility index (Phi) is 3.81. The Morgan fingerprint density at radius 3 is 2.41 bits per heavy atom. The van der Waals surface area contributed by atoms with Crippen LogP contribution in [0.2, 0.25) is 0 Å². The number of aliphatic hydroxyl groups excluding tert-OH is 1. The van der Waals surface area contributed by atoms with Gasteiger partial charge < -0.3 is 24.1 Å². The minimum Gasteiger partial charge on any atom is -0.493 e. The van der Waals surface area contributed by atoms with Gasteiger partial charge in [0.1, 0.15) is 6.10 Å². The predicted molar refractivity (Wildman–Crippen MR) is 80.9 cm³/mol. The molecular formula is C17H18O5. The molecule has 22 heavy (non-hydrogen) atoms. The van der Waals surface area contributed by atoms with Gasteiger partial charge in [0.05, 0.1) is 14.2 Å². The van der Waals surface area contributed by atoms with Crippen molar-refractivity contribution in [2.45, 2.75) is 13.0 Å². The summed E-state index contributed by atoms with van der Waals surface area (Å²) in [4.78, 5) is 0. The van der Waals surface area contributed by atoms with Crippen LogP contribution >= 0.6 is 0 Å². The van der Waals surface area contributed by atoms with Crippen LogP contribution in [0, 0.1) is 6.92 Å². The lowest BCUT2D eigenvalue weighted by Crippen LogP contribution is -2.04. The van der Waals surface area contributed by atoms with Crippen molar-refractivity contribution < 1.29 is 24.1 Å². The maximum absolute atomic E-state index is 10.7. The average molecular weight is 302 g/mol. The molecule has 2 aromatic carbocycles. The van der Waals surface area contributed by atoms with Crippen molar-refractivity contribution in [2.24, 2.45) is 0 Å². The van der Waals surface area contributed by atoms with Crippen LogP contribution < -0.4 is 18.9 Å². The monoisotopic (exact) mass is 302 g/mol. The Morgan fingerprint density at radius 2 is 1.68 bits per heavy atom. The topological polar surface area (TPSA) is 57.2 Å². The van der Waals surface area contributed by atoms with Gasteiger partial charge in [0.15, 0.2) is 23.0 Å². The number of methoxy groups -OCH3 is 2. The van der Waals surface area contributed by atoms with E-state index in [9.17, 15) is 5.11 Å². The molecule has 5 heteroatoms. The first-order valence-corrected chi connectivity index (χ1v) is 6.94. The molecule has 5 nitrogen and oxygen atoms in total. The Hall–Kier alpha value is -2.40. The first-order chi connectivity index (χ1) is 10.6. The fourth-order valence-electron chi connectivity index (χ4n) is 2.55. The average Bonchev–Trinajstić information content (AvgIpc) is 3.01. The van der Waals surface area contributed by atoms with E-state index in [0.29, 0.717) is 23.0 Å². The van der Waals surface area contributed by atoms with Crippen molar-refractivity contribution in [2.75, 3.05) is 21.0 Å². The molecule has 116 valence electrons. The summed E-state index contributed by atoms with van der Waals surface area (Å²) >= 11 is 0. The Balaban J connectivity index is 1.99. The number of hydrogen-bond donors (Lipinski definition) is 1. The summed E-state index contributed by atoms with van der Waals surface area (Å²) in [6, 6.07) is 9.07. The van der Waals surface area contributed by atoms with Crippen LogP contribution in [0.25, 0.3) is 0 Å². The van der Waals surface area contributed by atoms with Gasteiger partial charge in [-0.05, 0) is 47.9 Å². The third kappa shape index (κ3) is 2.44. The number of benzene rings is 2. The quantitative estimate of drug-likeness (QED) is 0.941. The molecule has 0 aliphatic carbocycles. The van der Waals surface area contributed by atoms with E-state index in [1.807, 2.05) is 19.1 Å². The Labute approximate surface area is 129 Å². The second-order valence-electron chi connectivity index (χ2n) is 5.08. The Morgan fingerprint density at radius 1 is 1.00 bits per heavy atom. The number of hydrogen-bond acceptors (Lipinski definition) is 5. The molecule has 1 heterocycles. The molecule has 0 bridgehead atoms. The van der Waals surface area contributed by atoms with Gasteiger partial charge in [-0.1, -0.05) is 6.07 Å². The zero-order valence-corrected chi connectivity index (χ0v) is 12.8. The SMILES string of the molecule is COc1cc(C)c(C(O)c2ccc3c(c2)OCO3)cc1OC. The van der Waals surface area contributed by atoms with Gasteiger partial charge in [-0.3, -0.25) is 0 Å². The summed E-state index contributed by atoms with van der Waals surface area (Å²) in [5, 5.41) is 10.7. The maximum atomic E-state index is 10.7. The van der Waals surface area contributed by atoms with Gasteiger partial charge in [0.2, 0.25) is 6.79 Å². The molecule has 0 radical (unpaired) electrons. The van der Waals surface area contributed by atoms with E-state index < -0.39 is 6.10 Å². The van der Waals surface area contributed by atoms with Crippen LogP contribution in [-0.2, 0) is 0 Å². The van der Waals surface area contributed by atoms with E-state index in [2.05, 4.69) is 0 Å². The molecule has 1 aliphatic rings. The van der Waals surface area contributed by atoms with Gasteiger partial charge in [-0.15, -0.1) is 0 Å². The number of ether oxygens (including phenoxy) is 4. The molecule has 1 aliphatic heterocycles. The highest BCUT2D eigenvalue weighted by Gasteiger charge is 2.20. The van der Waals surface area contributed by atoms with E-state index >= 15 is 0 Å². The third-order valence-corrected chi connectivity index (χ3v) is 3.78. The van der Waals surface area contributed by atoms with Crippen molar-refractivity contribution >= 4 is 0 Å². The minimum atomic E-state index is -0.783. The minimum absolute atomic E-state index is 0.213. The fourth-order valence-corrected chi connectivity index (χ4v) is 2.55. The molecule has 0 saturated heterocycles. The molecule has 0 saturated carbocycles. The summed E-state index contributed by atoms with van der Waals surface area (Å²) in [7, 11) is 3.16. The molecule has 1 atom stereocenters. The molecule has 1 N–H and O–H groups in total. The first kappa shape index (κ1) is 14.5. The number of rotatable bonds is 4. The highest BCUT2D eigenvalue weighted by atomic mass is 16.7. The zero-order chi connectivity index (χ0) is 15.7. The van der Waals surface area contributed by atoms with E-state index in [0.717, 1.165) is 16.7 Å². The molecule has 0 aromatic heterocycles. The molecule has 2 aromatic rings. The van der Waals surface area contributed by atoms with Crippen molar-refractivity contribution in [1.29, 1.82) is 0 Å². The summed E-state index contributed by atoms with van der Waals surface area (Å²) in [6.45, 7) is 2.14. The van der Waals surface area contributed by atoms with Crippen molar-refractivity contribution in [3.05, 3.63) is 47.0 Å². The lowest BCUT2D eigenvalue weighted by atomic mass is 9.96. The number of aliphatic hydroxyl groups is 1. The van der Waals surface area contributed by atoms with Crippen LogP contribution in [-0.4, -0.2) is 26.1 Å². The van der Waals surface area contributed by atoms with E-state index in [1.54, 1.807) is 32.4 Å². The second kappa shape index (κ2) is 5.77. The summed E-state index contributed by atoms with van der Waals surface area (Å²) < 4.78 is 21.2. The second-order valence-corrected chi connectivity index (χ2v) is 5.08.